The Morgan fingerprint density at radius 3 is 2.74 bits per heavy atom. The molecule has 4 nitrogen and oxygen atoms in total. The summed E-state index contributed by atoms with van der Waals surface area (Å²) >= 11 is 0. The molecule has 1 saturated heterocycles. The van der Waals surface area contributed by atoms with Crippen molar-refractivity contribution >= 4 is 0 Å². The van der Waals surface area contributed by atoms with Crippen molar-refractivity contribution in [3.05, 3.63) is 35.6 Å². The summed E-state index contributed by atoms with van der Waals surface area (Å²) in [6.45, 7) is 4.34. The number of hydrogen-bond acceptors (Lipinski definition) is 4. The number of nitrogens with zero attached hydrogens (tertiary/aromatic N) is 2. The summed E-state index contributed by atoms with van der Waals surface area (Å²) in [5.41, 5.74) is 0.527. The third kappa shape index (κ3) is 6.55. The predicted octanol–water partition coefficient (Wildman–Crippen LogP) is 1.98. The minimum absolute atomic E-state index is 0.197. The maximum Gasteiger partial charge on any atom is 0.128 e. The molecule has 0 radical (unpaired) electrons. The van der Waals surface area contributed by atoms with Crippen LogP contribution in [0, 0.1) is 11.7 Å². The van der Waals surface area contributed by atoms with E-state index in [0.29, 0.717) is 18.0 Å². The first kappa shape index (κ1) is 18.3. The van der Waals surface area contributed by atoms with Crippen LogP contribution in [0.15, 0.2) is 24.3 Å². The molecule has 0 bridgehead atoms. The molecule has 1 unspecified atom stereocenters. The molecule has 0 spiro atoms. The zero-order valence-electron chi connectivity index (χ0n) is 14.2. The largest absolute Gasteiger partial charge is 0.389 e. The van der Waals surface area contributed by atoms with Crippen LogP contribution in [-0.4, -0.2) is 67.9 Å². The van der Waals surface area contributed by atoms with Crippen LogP contribution in [0.1, 0.15) is 18.4 Å². The Morgan fingerprint density at radius 1 is 1.35 bits per heavy atom. The van der Waals surface area contributed by atoms with Gasteiger partial charge in [0, 0.05) is 18.7 Å². The SMILES string of the molecule is CN1CCC(CN(C)CC(O)COCc2ccccc2F)CC1. The maximum atomic E-state index is 13.5. The van der Waals surface area contributed by atoms with Crippen LogP contribution < -0.4 is 0 Å². The van der Waals surface area contributed by atoms with Crippen LogP contribution in [0.3, 0.4) is 0 Å². The third-order valence-corrected chi connectivity index (χ3v) is 4.46. The Labute approximate surface area is 138 Å². The highest BCUT2D eigenvalue weighted by molar-refractivity contribution is 5.16. The van der Waals surface area contributed by atoms with Gasteiger partial charge in [0.25, 0.3) is 0 Å². The highest BCUT2D eigenvalue weighted by Gasteiger charge is 2.19. The number of ether oxygens (including phenoxy) is 1. The van der Waals surface area contributed by atoms with E-state index in [2.05, 4.69) is 16.8 Å². The molecule has 0 saturated carbocycles. The van der Waals surface area contributed by atoms with E-state index in [0.717, 1.165) is 19.6 Å². The molecule has 1 N–H and O–H groups in total. The molecule has 1 aliphatic rings. The molecule has 1 heterocycles. The summed E-state index contributed by atoms with van der Waals surface area (Å²) < 4.78 is 18.9. The molecule has 23 heavy (non-hydrogen) atoms. The minimum atomic E-state index is -0.543. The maximum absolute atomic E-state index is 13.5. The van der Waals surface area contributed by atoms with Gasteiger partial charge in [-0.05, 0) is 52.0 Å². The Morgan fingerprint density at radius 2 is 2.04 bits per heavy atom. The van der Waals surface area contributed by atoms with Gasteiger partial charge in [-0.1, -0.05) is 18.2 Å². The molecule has 1 aromatic rings. The fourth-order valence-corrected chi connectivity index (χ4v) is 3.09. The van der Waals surface area contributed by atoms with Crippen LogP contribution in [0.4, 0.5) is 4.39 Å². The molecule has 1 fully saturated rings. The molecular formula is C18H29FN2O2. The standard InChI is InChI=1S/C18H29FN2O2/c1-20-9-7-15(8-10-20)11-21(2)12-17(22)14-23-13-16-5-3-4-6-18(16)19/h3-6,15,17,22H,7-14H2,1-2H3. The summed E-state index contributed by atoms with van der Waals surface area (Å²) in [6.07, 6.45) is 1.90. The van der Waals surface area contributed by atoms with Crippen LogP contribution in [0.2, 0.25) is 0 Å². The molecule has 2 rings (SSSR count). The summed E-state index contributed by atoms with van der Waals surface area (Å²) in [6, 6.07) is 6.57. The molecule has 1 aliphatic heterocycles. The van der Waals surface area contributed by atoms with Crippen molar-refractivity contribution in [1.82, 2.24) is 9.80 Å². The molecule has 130 valence electrons. The van der Waals surface area contributed by atoms with Gasteiger partial charge in [0.2, 0.25) is 0 Å². The average molecular weight is 324 g/mol. The Hall–Kier alpha value is -1.01. The summed E-state index contributed by atoms with van der Waals surface area (Å²) in [5.74, 6) is 0.448. The third-order valence-electron chi connectivity index (χ3n) is 4.46. The number of aliphatic hydroxyl groups is 1. The number of likely N-dealkylation sites (tertiary alicyclic amines) is 1. The first-order valence-electron chi connectivity index (χ1n) is 8.41. The minimum Gasteiger partial charge on any atom is -0.389 e. The summed E-state index contributed by atoms with van der Waals surface area (Å²) in [7, 11) is 4.20. The number of piperidine rings is 1. The van der Waals surface area contributed by atoms with Gasteiger partial charge in [-0.3, -0.25) is 0 Å². The molecule has 0 aliphatic carbocycles. The number of halogens is 1. The molecule has 1 atom stereocenters. The van der Waals surface area contributed by atoms with E-state index in [4.69, 9.17) is 4.74 Å². The number of benzene rings is 1. The van der Waals surface area contributed by atoms with Crippen molar-refractivity contribution in [1.29, 1.82) is 0 Å². The zero-order valence-corrected chi connectivity index (χ0v) is 14.2. The van der Waals surface area contributed by atoms with Crippen molar-refractivity contribution in [2.45, 2.75) is 25.6 Å². The number of rotatable bonds is 8. The van der Waals surface area contributed by atoms with Gasteiger partial charge in [0.05, 0.1) is 19.3 Å². The molecule has 5 heteroatoms. The highest BCUT2D eigenvalue weighted by Crippen LogP contribution is 2.16. The van der Waals surface area contributed by atoms with Crippen LogP contribution in [0.5, 0.6) is 0 Å². The lowest BCUT2D eigenvalue weighted by Gasteiger charge is -2.32. The van der Waals surface area contributed by atoms with Gasteiger partial charge >= 0.3 is 0 Å². The quantitative estimate of drug-likeness (QED) is 0.793. The second-order valence-electron chi connectivity index (χ2n) is 6.73. The lowest BCUT2D eigenvalue weighted by atomic mass is 9.96. The van der Waals surface area contributed by atoms with Gasteiger partial charge in [-0.25, -0.2) is 4.39 Å². The first-order chi connectivity index (χ1) is 11.0. The van der Waals surface area contributed by atoms with E-state index in [1.165, 1.54) is 18.9 Å². The Balaban J connectivity index is 1.62. The van der Waals surface area contributed by atoms with E-state index in [1.54, 1.807) is 18.2 Å². The second kappa shape index (κ2) is 9.33. The summed E-state index contributed by atoms with van der Waals surface area (Å²) in [4.78, 5) is 4.54. The van der Waals surface area contributed by atoms with E-state index in [9.17, 15) is 9.50 Å². The van der Waals surface area contributed by atoms with Crippen LogP contribution in [-0.2, 0) is 11.3 Å². The van der Waals surface area contributed by atoms with Crippen molar-refractivity contribution in [2.75, 3.05) is 46.9 Å². The lowest BCUT2D eigenvalue weighted by Crippen LogP contribution is -2.39. The van der Waals surface area contributed by atoms with Crippen LogP contribution >= 0.6 is 0 Å². The molecule has 0 aromatic heterocycles. The van der Waals surface area contributed by atoms with Crippen molar-refractivity contribution in [3.8, 4) is 0 Å². The van der Waals surface area contributed by atoms with Gasteiger partial charge in [0.15, 0.2) is 0 Å². The van der Waals surface area contributed by atoms with E-state index in [1.807, 2.05) is 7.05 Å². The van der Waals surface area contributed by atoms with Gasteiger partial charge < -0.3 is 19.6 Å². The fourth-order valence-electron chi connectivity index (χ4n) is 3.09. The van der Waals surface area contributed by atoms with E-state index >= 15 is 0 Å². The number of likely N-dealkylation sites (N-methyl/N-ethyl adjacent to an activating group) is 1. The Kier molecular flexibility index (Phi) is 7.43. The van der Waals surface area contributed by atoms with Gasteiger partial charge in [0.1, 0.15) is 5.82 Å². The monoisotopic (exact) mass is 324 g/mol. The smallest absolute Gasteiger partial charge is 0.128 e. The number of aliphatic hydroxyl groups excluding tert-OH is 1. The topological polar surface area (TPSA) is 35.9 Å². The molecule has 1 aromatic carbocycles. The fraction of sp³-hybridized carbons (Fsp3) is 0.667. The highest BCUT2D eigenvalue weighted by atomic mass is 19.1. The lowest BCUT2D eigenvalue weighted by molar-refractivity contribution is 0.00974. The Bertz CT molecular complexity index is 464. The van der Waals surface area contributed by atoms with E-state index < -0.39 is 6.10 Å². The summed E-state index contributed by atoms with van der Waals surface area (Å²) in [5, 5.41) is 10.1. The van der Waals surface area contributed by atoms with Crippen LogP contribution in [0.25, 0.3) is 0 Å². The van der Waals surface area contributed by atoms with E-state index in [-0.39, 0.29) is 19.0 Å². The van der Waals surface area contributed by atoms with Crippen molar-refractivity contribution < 1.29 is 14.2 Å². The zero-order chi connectivity index (χ0) is 16.7. The molecular weight excluding hydrogens is 295 g/mol. The normalized spacial score (nSPS) is 18.5. The molecule has 0 amide bonds. The van der Waals surface area contributed by atoms with Crippen molar-refractivity contribution in [3.63, 3.8) is 0 Å². The average Bonchev–Trinajstić information content (AvgIpc) is 2.51. The second-order valence-corrected chi connectivity index (χ2v) is 6.73. The van der Waals surface area contributed by atoms with Gasteiger partial charge in [-0.2, -0.15) is 0 Å². The van der Waals surface area contributed by atoms with Gasteiger partial charge in [-0.15, -0.1) is 0 Å². The first-order valence-corrected chi connectivity index (χ1v) is 8.41. The predicted molar refractivity (Wildman–Crippen MR) is 89.8 cm³/mol. The number of hydrogen-bond donors (Lipinski definition) is 1. The van der Waals surface area contributed by atoms with Crippen molar-refractivity contribution in [2.24, 2.45) is 5.92 Å².